The molecule has 7 N–H and O–H groups in total. The first-order chi connectivity index (χ1) is 18.1. The number of carbonyl (C=O) groups excluding carboxylic acids is 1. The van der Waals surface area contributed by atoms with Crippen LogP contribution in [0.4, 0.5) is 0 Å². The Morgan fingerprint density at radius 3 is 2.39 bits per heavy atom. The Balaban J connectivity index is 1.47. The minimum Gasteiger partial charge on any atom is -0.497 e. The predicted molar refractivity (Wildman–Crippen MR) is 126 cm³/mol. The summed E-state index contributed by atoms with van der Waals surface area (Å²) in [5.41, 5.74) is -1.58. The fourth-order valence-electron chi connectivity index (χ4n) is 4.92. The molecule has 1 saturated carbocycles. The van der Waals surface area contributed by atoms with Crippen LogP contribution in [-0.2, 0) is 23.7 Å². The molecule has 38 heavy (non-hydrogen) atoms. The van der Waals surface area contributed by atoms with Gasteiger partial charge in [-0.2, -0.15) is 0 Å². The molecule has 2 heterocycles. The molecule has 0 amide bonds. The van der Waals surface area contributed by atoms with Gasteiger partial charge in [0.25, 0.3) is 0 Å². The van der Waals surface area contributed by atoms with Gasteiger partial charge in [-0.3, -0.25) is 0 Å². The second kappa shape index (κ2) is 11.7. The van der Waals surface area contributed by atoms with Gasteiger partial charge in [0.15, 0.2) is 6.29 Å². The highest BCUT2D eigenvalue weighted by Crippen LogP contribution is 2.47. The maximum Gasteiger partial charge on any atom is 0.330 e. The van der Waals surface area contributed by atoms with Crippen molar-refractivity contribution >= 4 is 12.0 Å². The quantitative estimate of drug-likeness (QED) is 0.136. The lowest BCUT2D eigenvalue weighted by atomic mass is 9.83. The number of methoxy groups -OCH3 is 1. The number of carbonyl (C=O) groups is 1. The Morgan fingerprint density at radius 2 is 1.74 bits per heavy atom. The van der Waals surface area contributed by atoms with Crippen molar-refractivity contribution < 1.29 is 64.2 Å². The minimum atomic E-state index is -2.25. The van der Waals surface area contributed by atoms with Crippen molar-refractivity contribution in [1.29, 1.82) is 0 Å². The first kappa shape index (κ1) is 28.4. The Kier molecular flexibility index (Phi) is 8.72. The molecule has 0 bridgehead atoms. The van der Waals surface area contributed by atoms with Gasteiger partial charge in [-0.25, -0.2) is 4.79 Å². The lowest BCUT2D eigenvalue weighted by Gasteiger charge is -2.44. The molecule has 13 nitrogen and oxygen atoms in total. The second-order valence-electron chi connectivity index (χ2n) is 9.41. The van der Waals surface area contributed by atoms with Crippen LogP contribution in [0.15, 0.2) is 42.7 Å². The van der Waals surface area contributed by atoms with E-state index in [0.29, 0.717) is 11.3 Å². The van der Waals surface area contributed by atoms with Gasteiger partial charge >= 0.3 is 5.97 Å². The number of hydrogen-bond acceptors (Lipinski definition) is 13. The molecule has 3 aliphatic rings. The lowest BCUT2D eigenvalue weighted by Crippen LogP contribution is -2.61. The second-order valence-corrected chi connectivity index (χ2v) is 9.41. The smallest absolute Gasteiger partial charge is 0.330 e. The number of aliphatic hydroxyl groups is 7. The first-order valence-corrected chi connectivity index (χ1v) is 12.0. The van der Waals surface area contributed by atoms with Gasteiger partial charge in [-0.05, 0) is 29.8 Å². The molecule has 210 valence electrons. The normalized spacial score (nSPS) is 40.5. The zero-order valence-electron chi connectivity index (χ0n) is 20.4. The van der Waals surface area contributed by atoms with Crippen LogP contribution in [0.3, 0.4) is 0 Å². The molecule has 11 atom stereocenters. The van der Waals surface area contributed by atoms with E-state index >= 15 is 0 Å². The molecule has 0 unspecified atom stereocenters. The van der Waals surface area contributed by atoms with E-state index < -0.39 is 85.8 Å². The van der Waals surface area contributed by atoms with Crippen LogP contribution in [0.25, 0.3) is 6.08 Å². The van der Waals surface area contributed by atoms with Crippen LogP contribution in [0.5, 0.6) is 5.75 Å². The average molecular weight is 541 g/mol. The van der Waals surface area contributed by atoms with E-state index in [4.69, 9.17) is 23.7 Å². The fourth-order valence-corrected chi connectivity index (χ4v) is 4.92. The van der Waals surface area contributed by atoms with Crippen LogP contribution in [0, 0.1) is 11.8 Å². The van der Waals surface area contributed by atoms with Crippen molar-refractivity contribution in [3.8, 4) is 5.75 Å². The van der Waals surface area contributed by atoms with E-state index in [9.17, 15) is 40.5 Å². The van der Waals surface area contributed by atoms with Crippen molar-refractivity contribution in [1.82, 2.24) is 0 Å². The van der Waals surface area contributed by atoms with E-state index in [1.54, 1.807) is 24.3 Å². The van der Waals surface area contributed by atoms with Crippen LogP contribution < -0.4 is 4.74 Å². The van der Waals surface area contributed by atoms with Gasteiger partial charge in [0.05, 0.1) is 32.0 Å². The number of benzene rings is 1. The van der Waals surface area contributed by atoms with Crippen LogP contribution >= 0.6 is 0 Å². The summed E-state index contributed by atoms with van der Waals surface area (Å²) in [6.45, 7) is -1.44. The molecule has 2 fully saturated rings. The topological polar surface area (TPSA) is 205 Å². The average Bonchev–Trinajstić information content (AvgIpc) is 3.13. The third-order valence-electron chi connectivity index (χ3n) is 7.12. The minimum absolute atomic E-state index is 0.638. The molecule has 1 aliphatic carbocycles. The van der Waals surface area contributed by atoms with Gasteiger partial charge in [0, 0.05) is 12.0 Å². The van der Waals surface area contributed by atoms with Gasteiger partial charge in [0.1, 0.15) is 48.5 Å². The standard InChI is InChI=1S/C25H32O13/c1-34-13-5-2-12(3-6-13)4-7-16(27)36-11-25(33)17-14(18(28)22(25)32)8-9-35-23(17)38-24-21(31)20(30)19(29)15(10-26)37-24/h2-9,14-15,17-24,26,28-33H,10-11H2,1H3/b7-4-/t14-,15-,17-,18+,19-,20+,21-,22-,23+,24+,25-/m1/s1. The van der Waals surface area contributed by atoms with Crippen molar-refractivity contribution in [3.63, 3.8) is 0 Å². The van der Waals surface area contributed by atoms with Crippen molar-refractivity contribution in [2.75, 3.05) is 20.3 Å². The number of aliphatic hydroxyl groups excluding tert-OH is 6. The summed E-state index contributed by atoms with van der Waals surface area (Å²) in [6, 6.07) is 6.83. The summed E-state index contributed by atoms with van der Waals surface area (Å²) >= 11 is 0. The lowest BCUT2D eigenvalue weighted by molar-refractivity contribution is -0.348. The van der Waals surface area contributed by atoms with E-state index in [1.807, 2.05) is 0 Å². The highest BCUT2D eigenvalue weighted by Gasteiger charge is 2.64. The first-order valence-electron chi connectivity index (χ1n) is 12.0. The number of fused-ring (bicyclic) bond motifs is 1. The van der Waals surface area contributed by atoms with Crippen molar-refractivity contribution in [3.05, 3.63) is 48.2 Å². The maximum absolute atomic E-state index is 12.4. The summed E-state index contributed by atoms with van der Waals surface area (Å²) in [5.74, 6) is -2.33. The zero-order chi connectivity index (χ0) is 27.6. The highest BCUT2D eigenvalue weighted by molar-refractivity contribution is 5.87. The number of hydrogen-bond donors (Lipinski definition) is 7. The summed E-state index contributed by atoms with van der Waals surface area (Å²) in [7, 11) is 1.53. The Labute approximate surface area is 217 Å². The summed E-state index contributed by atoms with van der Waals surface area (Å²) in [6.07, 6.45) is -7.53. The van der Waals surface area contributed by atoms with Crippen molar-refractivity contribution in [2.45, 2.75) is 54.8 Å². The van der Waals surface area contributed by atoms with Gasteiger partial charge in [-0.15, -0.1) is 0 Å². The largest absolute Gasteiger partial charge is 0.497 e. The number of ether oxygens (including phenoxy) is 5. The van der Waals surface area contributed by atoms with Crippen LogP contribution in [-0.4, -0.2) is 117 Å². The predicted octanol–water partition coefficient (Wildman–Crippen LogP) is -2.36. The Morgan fingerprint density at radius 1 is 1.03 bits per heavy atom. The molecule has 1 saturated heterocycles. The maximum atomic E-state index is 12.4. The summed E-state index contributed by atoms with van der Waals surface area (Å²) in [5, 5.41) is 72.5. The van der Waals surface area contributed by atoms with Crippen LogP contribution in [0.1, 0.15) is 5.56 Å². The molecule has 13 heteroatoms. The fraction of sp³-hybridized carbons (Fsp3) is 0.560. The van der Waals surface area contributed by atoms with E-state index in [0.717, 1.165) is 6.08 Å². The Hall–Kier alpha value is -2.59. The summed E-state index contributed by atoms with van der Waals surface area (Å²) < 4.78 is 26.7. The molecular formula is C25H32O13. The van der Waals surface area contributed by atoms with Gasteiger partial charge in [0.2, 0.25) is 6.29 Å². The van der Waals surface area contributed by atoms with E-state index in [1.165, 1.54) is 25.5 Å². The zero-order valence-corrected chi connectivity index (χ0v) is 20.4. The van der Waals surface area contributed by atoms with Crippen LogP contribution in [0.2, 0.25) is 0 Å². The Bertz CT molecular complexity index is 1010. The molecule has 1 aromatic rings. The molecule has 0 aromatic heterocycles. The highest BCUT2D eigenvalue weighted by atomic mass is 16.8. The van der Waals surface area contributed by atoms with Crippen molar-refractivity contribution in [2.24, 2.45) is 11.8 Å². The third-order valence-corrected chi connectivity index (χ3v) is 7.12. The SMILES string of the molecule is COc1ccc(/C=C\C(=O)OC[C@@]2(O)[C@H]3[C@H](O[C@@H]4O[C@H](CO)[C@@H](O)[C@H](O)[C@H]4O)OC=C[C@H]3[C@H](O)[C@H]2O)cc1. The molecular weight excluding hydrogens is 508 g/mol. The number of esters is 1. The van der Waals surface area contributed by atoms with Gasteiger partial charge < -0.3 is 59.4 Å². The van der Waals surface area contributed by atoms with E-state index in [-0.39, 0.29) is 0 Å². The summed E-state index contributed by atoms with van der Waals surface area (Å²) in [4.78, 5) is 12.4. The molecule has 1 aromatic carbocycles. The molecule has 0 radical (unpaired) electrons. The van der Waals surface area contributed by atoms with E-state index in [2.05, 4.69) is 0 Å². The van der Waals surface area contributed by atoms with Gasteiger partial charge in [-0.1, -0.05) is 12.1 Å². The monoisotopic (exact) mass is 540 g/mol. The molecule has 2 aliphatic heterocycles. The molecule has 4 rings (SSSR count). The number of rotatable bonds is 8. The molecule has 0 spiro atoms. The third kappa shape index (κ3) is 5.43.